The molecule has 0 aliphatic rings. The molecule has 3 aromatic rings. The Morgan fingerprint density at radius 1 is 1.30 bits per heavy atom. The number of halogens is 1. The van der Waals surface area contributed by atoms with Crippen molar-refractivity contribution in [1.29, 1.82) is 5.26 Å². The van der Waals surface area contributed by atoms with Gasteiger partial charge >= 0.3 is 0 Å². The van der Waals surface area contributed by atoms with Crippen LogP contribution in [0.15, 0.2) is 30.7 Å². The molecule has 0 aliphatic carbocycles. The van der Waals surface area contributed by atoms with Gasteiger partial charge in [0.2, 0.25) is 0 Å². The molecule has 10 nitrogen and oxygen atoms in total. The summed E-state index contributed by atoms with van der Waals surface area (Å²) in [7, 11) is 0. The molecule has 3 rings (SSSR count). The minimum Gasteiger partial charge on any atom is -0.393 e. The molecule has 3 aromatic heterocycles. The van der Waals surface area contributed by atoms with Crippen molar-refractivity contribution in [3.8, 4) is 11.9 Å². The highest BCUT2D eigenvalue weighted by atomic mass is 19.1. The van der Waals surface area contributed by atoms with Gasteiger partial charge in [-0.05, 0) is 33.3 Å². The van der Waals surface area contributed by atoms with Crippen molar-refractivity contribution in [1.82, 2.24) is 25.1 Å². The van der Waals surface area contributed by atoms with Crippen LogP contribution in [0.3, 0.4) is 0 Å². The maximum Gasteiger partial charge on any atom is 0.255 e. The molecule has 0 aromatic carbocycles. The number of pyridine rings is 2. The Kier molecular flexibility index (Phi) is 7.20. The largest absolute Gasteiger partial charge is 0.393 e. The summed E-state index contributed by atoms with van der Waals surface area (Å²) in [6.45, 7) is 4.31. The molecular weight excluding hydrogens is 429 g/mol. The monoisotopic (exact) mass is 455 g/mol. The summed E-state index contributed by atoms with van der Waals surface area (Å²) in [5, 5.41) is 38.9. The zero-order chi connectivity index (χ0) is 24.2. The van der Waals surface area contributed by atoms with Gasteiger partial charge in [-0.15, -0.1) is 0 Å². The molecule has 0 unspecified atom stereocenters. The lowest BCUT2D eigenvalue weighted by molar-refractivity contribution is -0.00177. The maximum absolute atomic E-state index is 14.1. The average Bonchev–Trinajstić information content (AvgIpc) is 3.19. The zero-order valence-electron chi connectivity index (χ0n) is 18.6. The number of hydrogen-bond donors (Lipinski definition) is 4. The number of nitriles is 1. The first kappa shape index (κ1) is 24.0. The molecule has 0 bridgehead atoms. The summed E-state index contributed by atoms with van der Waals surface area (Å²) in [5.41, 5.74) is -0.121. The van der Waals surface area contributed by atoms with Crippen LogP contribution >= 0.6 is 0 Å². The van der Waals surface area contributed by atoms with Crippen molar-refractivity contribution < 1.29 is 19.4 Å². The third-order valence-electron chi connectivity index (χ3n) is 4.97. The van der Waals surface area contributed by atoms with Crippen LogP contribution in [0.1, 0.15) is 43.1 Å². The van der Waals surface area contributed by atoms with E-state index in [9.17, 15) is 19.4 Å². The number of aromatic nitrogens is 4. The zero-order valence-corrected chi connectivity index (χ0v) is 18.6. The third kappa shape index (κ3) is 5.79. The smallest absolute Gasteiger partial charge is 0.255 e. The molecule has 2 atom stereocenters. The molecule has 0 radical (unpaired) electrons. The minimum atomic E-state index is -1.65. The van der Waals surface area contributed by atoms with Gasteiger partial charge < -0.3 is 20.8 Å². The summed E-state index contributed by atoms with van der Waals surface area (Å²) in [6.07, 6.45) is 2.57. The van der Waals surface area contributed by atoms with Crippen molar-refractivity contribution >= 4 is 22.6 Å². The molecule has 0 fully saturated rings. The van der Waals surface area contributed by atoms with Gasteiger partial charge in [0.15, 0.2) is 11.5 Å². The van der Waals surface area contributed by atoms with Gasteiger partial charge in [-0.25, -0.2) is 14.4 Å². The molecule has 0 saturated carbocycles. The first-order valence-corrected chi connectivity index (χ1v) is 10.4. The van der Waals surface area contributed by atoms with E-state index in [0.717, 1.165) is 0 Å². The molecule has 174 valence electrons. The third-order valence-corrected chi connectivity index (χ3v) is 4.97. The Hall–Kier alpha value is -3.62. The van der Waals surface area contributed by atoms with Gasteiger partial charge in [-0.3, -0.25) is 4.79 Å². The van der Waals surface area contributed by atoms with E-state index in [-0.39, 0.29) is 12.1 Å². The predicted octanol–water partition coefficient (Wildman–Crippen LogP) is 1.71. The Morgan fingerprint density at radius 3 is 2.73 bits per heavy atom. The second-order valence-corrected chi connectivity index (χ2v) is 8.29. The molecule has 0 spiro atoms. The summed E-state index contributed by atoms with van der Waals surface area (Å²) < 4.78 is 15.5. The van der Waals surface area contributed by atoms with Crippen LogP contribution in [-0.4, -0.2) is 66.8 Å². The Bertz CT molecular complexity index is 1180. The lowest BCUT2D eigenvalue weighted by atomic mass is 10.0. The Labute approximate surface area is 190 Å². The Balaban J connectivity index is 1.91. The summed E-state index contributed by atoms with van der Waals surface area (Å²) in [6, 6.07) is 5.29. The van der Waals surface area contributed by atoms with Gasteiger partial charge in [0.1, 0.15) is 12.2 Å². The van der Waals surface area contributed by atoms with Crippen molar-refractivity contribution in [2.75, 3.05) is 18.4 Å². The number of amides is 1. The van der Waals surface area contributed by atoms with E-state index < -0.39 is 23.8 Å². The number of nitrogens with one attached hydrogen (secondary N) is 2. The van der Waals surface area contributed by atoms with Gasteiger partial charge in [-0.2, -0.15) is 15.0 Å². The molecular formula is C22H26FN7O3. The second-order valence-electron chi connectivity index (χ2n) is 8.29. The maximum atomic E-state index is 14.1. The number of alkyl halides is 1. The highest BCUT2D eigenvalue weighted by Gasteiger charge is 2.27. The number of aliphatic hydroxyl groups excluding tert-OH is 1. The highest BCUT2D eigenvalue weighted by molar-refractivity contribution is 5.99. The highest BCUT2D eigenvalue weighted by Crippen LogP contribution is 2.22. The fraction of sp³-hybridized carbons (Fsp3) is 0.409. The number of aliphatic hydroxyl groups is 2. The number of hydrogen-bond acceptors (Lipinski definition) is 8. The summed E-state index contributed by atoms with van der Waals surface area (Å²) in [5.74, 6) is -0.194. The number of anilines is 1. The molecule has 0 saturated heterocycles. The van der Waals surface area contributed by atoms with Crippen molar-refractivity contribution in [3.05, 3.63) is 41.9 Å². The van der Waals surface area contributed by atoms with Crippen molar-refractivity contribution in [2.24, 2.45) is 0 Å². The quantitative estimate of drug-likeness (QED) is 0.381. The first-order chi connectivity index (χ1) is 15.6. The van der Waals surface area contributed by atoms with Crippen molar-refractivity contribution in [2.45, 2.75) is 45.1 Å². The van der Waals surface area contributed by atoms with Crippen LogP contribution in [0.25, 0.3) is 16.9 Å². The van der Waals surface area contributed by atoms with Gasteiger partial charge in [0.25, 0.3) is 5.91 Å². The molecule has 1 amide bonds. The molecule has 4 N–H and O–H groups in total. The second kappa shape index (κ2) is 9.89. The number of carbonyl (C=O) groups is 1. The van der Waals surface area contributed by atoms with Crippen molar-refractivity contribution in [3.63, 3.8) is 0 Å². The fourth-order valence-corrected chi connectivity index (χ4v) is 2.98. The van der Waals surface area contributed by atoms with Gasteiger partial charge in [0, 0.05) is 30.4 Å². The standard InChI is InChI=1S/C22H26FN7O3/c1-13(31)4-5-25-17-7-19(30-20-15(10-29-30)6-14(8-24)9-27-20)26-11-16(17)21(32)28-12-18(23)22(2,3)33/h6-7,9-11,13,18,31,33H,4-5,12H2,1-3H3,(H,25,26)(H,28,32)/t13-,18-/m1/s1. The van der Waals surface area contributed by atoms with Gasteiger partial charge in [-0.1, -0.05) is 0 Å². The van der Waals surface area contributed by atoms with E-state index in [0.29, 0.717) is 41.1 Å². The van der Waals surface area contributed by atoms with E-state index >= 15 is 0 Å². The topological polar surface area (TPSA) is 149 Å². The van der Waals surface area contributed by atoms with Crippen LogP contribution in [-0.2, 0) is 0 Å². The van der Waals surface area contributed by atoms with Crippen LogP contribution in [0, 0.1) is 11.3 Å². The first-order valence-electron chi connectivity index (χ1n) is 10.4. The summed E-state index contributed by atoms with van der Waals surface area (Å²) >= 11 is 0. The molecule has 33 heavy (non-hydrogen) atoms. The van der Waals surface area contributed by atoms with Crippen LogP contribution < -0.4 is 10.6 Å². The number of fused-ring (bicyclic) bond motifs is 1. The Morgan fingerprint density at radius 2 is 2.06 bits per heavy atom. The fourth-order valence-electron chi connectivity index (χ4n) is 2.98. The molecule has 0 aliphatic heterocycles. The number of rotatable bonds is 9. The lowest BCUT2D eigenvalue weighted by Gasteiger charge is -2.22. The van der Waals surface area contributed by atoms with Crippen LogP contribution in [0.2, 0.25) is 0 Å². The van der Waals surface area contributed by atoms with E-state index in [1.807, 2.05) is 6.07 Å². The predicted molar refractivity (Wildman–Crippen MR) is 120 cm³/mol. The van der Waals surface area contributed by atoms with E-state index in [2.05, 4.69) is 25.7 Å². The number of nitrogens with zero attached hydrogens (tertiary/aromatic N) is 5. The van der Waals surface area contributed by atoms with Crippen LogP contribution in [0.4, 0.5) is 10.1 Å². The van der Waals surface area contributed by atoms with E-state index in [4.69, 9.17) is 5.26 Å². The number of carbonyl (C=O) groups excluding carboxylic acids is 1. The normalized spacial score (nSPS) is 13.4. The summed E-state index contributed by atoms with van der Waals surface area (Å²) in [4.78, 5) is 21.3. The van der Waals surface area contributed by atoms with Gasteiger partial charge in [0.05, 0.1) is 41.3 Å². The molecule has 3 heterocycles. The SMILES string of the molecule is C[C@@H](O)CCNc1cc(-n2ncc3cc(C#N)cnc32)ncc1C(=O)NC[C@@H](F)C(C)(C)O. The lowest BCUT2D eigenvalue weighted by Crippen LogP contribution is -2.42. The van der Waals surface area contributed by atoms with E-state index in [1.165, 1.54) is 30.9 Å². The average molecular weight is 455 g/mol. The minimum absolute atomic E-state index is 0.170. The van der Waals surface area contributed by atoms with E-state index in [1.54, 1.807) is 25.3 Å². The van der Waals surface area contributed by atoms with Crippen LogP contribution in [0.5, 0.6) is 0 Å². The molecule has 11 heteroatoms.